The summed E-state index contributed by atoms with van der Waals surface area (Å²) in [6.45, 7) is 3.05. The number of aliphatic imine (C=N–C) groups is 1. The molecular weight excluding hydrogens is 282 g/mol. The number of methoxy groups -OCH3 is 2. The first-order valence-corrected chi connectivity index (χ1v) is 7.50. The standard InChI is InChI=1S/C16H27N3O3/c1-17-16(18-10-4-12-20-2)19-11-5-13-22-15-8-6-14(21-3)7-9-15/h6-9H,4-5,10-13H2,1-3H3,(H2,17,18,19). The molecule has 0 bridgehead atoms. The maximum atomic E-state index is 5.66. The lowest BCUT2D eigenvalue weighted by atomic mass is 10.3. The minimum atomic E-state index is 0.653. The fourth-order valence-electron chi connectivity index (χ4n) is 1.78. The van der Waals surface area contributed by atoms with Crippen LogP contribution in [-0.2, 0) is 4.74 Å². The van der Waals surface area contributed by atoms with Gasteiger partial charge in [-0.1, -0.05) is 0 Å². The van der Waals surface area contributed by atoms with Gasteiger partial charge in [0, 0.05) is 33.9 Å². The van der Waals surface area contributed by atoms with E-state index in [1.165, 1.54) is 0 Å². The molecule has 0 atom stereocenters. The van der Waals surface area contributed by atoms with Gasteiger partial charge in [0.25, 0.3) is 0 Å². The summed E-state index contributed by atoms with van der Waals surface area (Å²) >= 11 is 0. The number of guanidine groups is 1. The lowest BCUT2D eigenvalue weighted by molar-refractivity contribution is 0.195. The van der Waals surface area contributed by atoms with Gasteiger partial charge in [0.15, 0.2) is 5.96 Å². The molecule has 0 radical (unpaired) electrons. The van der Waals surface area contributed by atoms with E-state index in [1.807, 2.05) is 24.3 Å². The molecule has 0 aliphatic rings. The van der Waals surface area contributed by atoms with Gasteiger partial charge in [-0.05, 0) is 37.1 Å². The molecule has 0 fully saturated rings. The van der Waals surface area contributed by atoms with E-state index in [4.69, 9.17) is 14.2 Å². The average Bonchev–Trinajstić information content (AvgIpc) is 2.57. The van der Waals surface area contributed by atoms with Crippen molar-refractivity contribution in [3.05, 3.63) is 24.3 Å². The molecule has 0 aromatic heterocycles. The summed E-state index contributed by atoms with van der Waals surface area (Å²) in [5, 5.41) is 6.48. The number of nitrogens with one attached hydrogen (secondary N) is 2. The topological polar surface area (TPSA) is 64.1 Å². The number of nitrogens with zero attached hydrogens (tertiary/aromatic N) is 1. The van der Waals surface area contributed by atoms with Crippen molar-refractivity contribution >= 4 is 5.96 Å². The van der Waals surface area contributed by atoms with Gasteiger partial charge in [-0.3, -0.25) is 4.99 Å². The van der Waals surface area contributed by atoms with Crippen LogP contribution in [0.2, 0.25) is 0 Å². The molecule has 0 aliphatic carbocycles. The van der Waals surface area contributed by atoms with Crippen LogP contribution in [0.25, 0.3) is 0 Å². The van der Waals surface area contributed by atoms with Crippen LogP contribution in [0.4, 0.5) is 0 Å². The molecule has 0 saturated carbocycles. The molecule has 0 aliphatic heterocycles. The molecular formula is C16H27N3O3. The Kier molecular flexibility index (Phi) is 9.61. The highest BCUT2D eigenvalue weighted by Gasteiger charge is 1.98. The van der Waals surface area contributed by atoms with Crippen LogP contribution in [0.15, 0.2) is 29.3 Å². The van der Waals surface area contributed by atoms with E-state index in [2.05, 4.69) is 15.6 Å². The van der Waals surface area contributed by atoms with Crippen molar-refractivity contribution in [2.45, 2.75) is 12.8 Å². The number of hydrogen-bond acceptors (Lipinski definition) is 4. The Morgan fingerprint density at radius 1 is 0.955 bits per heavy atom. The summed E-state index contributed by atoms with van der Waals surface area (Å²) in [5.41, 5.74) is 0. The summed E-state index contributed by atoms with van der Waals surface area (Å²) in [5.74, 6) is 2.49. The molecule has 1 aromatic carbocycles. The van der Waals surface area contributed by atoms with Gasteiger partial charge < -0.3 is 24.8 Å². The normalized spacial score (nSPS) is 11.1. The molecule has 22 heavy (non-hydrogen) atoms. The van der Waals surface area contributed by atoms with Crippen molar-refractivity contribution in [1.29, 1.82) is 0 Å². The summed E-state index contributed by atoms with van der Waals surface area (Å²) in [6, 6.07) is 7.59. The number of ether oxygens (including phenoxy) is 3. The molecule has 0 saturated heterocycles. The van der Waals surface area contributed by atoms with Crippen molar-refractivity contribution < 1.29 is 14.2 Å². The third-order valence-corrected chi connectivity index (χ3v) is 2.98. The molecule has 0 heterocycles. The second kappa shape index (κ2) is 11.7. The lowest BCUT2D eigenvalue weighted by Crippen LogP contribution is -2.38. The first-order valence-electron chi connectivity index (χ1n) is 7.50. The van der Waals surface area contributed by atoms with Gasteiger partial charge in [-0.15, -0.1) is 0 Å². The second-order valence-corrected chi connectivity index (χ2v) is 4.65. The number of rotatable bonds is 10. The van der Waals surface area contributed by atoms with Crippen molar-refractivity contribution in [3.63, 3.8) is 0 Å². The van der Waals surface area contributed by atoms with Crippen LogP contribution in [0.3, 0.4) is 0 Å². The smallest absolute Gasteiger partial charge is 0.190 e. The first-order chi connectivity index (χ1) is 10.8. The molecule has 6 heteroatoms. The highest BCUT2D eigenvalue weighted by atomic mass is 16.5. The Labute approximate surface area is 132 Å². The Balaban J connectivity index is 2.10. The molecule has 0 amide bonds. The predicted octanol–water partition coefficient (Wildman–Crippen LogP) is 1.67. The second-order valence-electron chi connectivity index (χ2n) is 4.65. The predicted molar refractivity (Wildman–Crippen MR) is 89.0 cm³/mol. The van der Waals surface area contributed by atoms with Gasteiger partial charge in [-0.2, -0.15) is 0 Å². The van der Waals surface area contributed by atoms with E-state index in [9.17, 15) is 0 Å². The highest BCUT2D eigenvalue weighted by molar-refractivity contribution is 5.79. The minimum absolute atomic E-state index is 0.653. The summed E-state index contributed by atoms with van der Waals surface area (Å²) in [7, 11) is 5.12. The van der Waals surface area contributed by atoms with Crippen LogP contribution >= 0.6 is 0 Å². The fraction of sp³-hybridized carbons (Fsp3) is 0.562. The van der Waals surface area contributed by atoms with Crippen molar-refractivity contribution in [2.24, 2.45) is 4.99 Å². The van der Waals surface area contributed by atoms with Crippen LogP contribution < -0.4 is 20.1 Å². The first kappa shape index (κ1) is 18.1. The molecule has 1 aromatic rings. The molecule has 1 rings (SSSR count). The summed E-state index contributed by atoms with van der Waals surface area (Å²) < 4.78 is 15.8. The van der Waals surface area contributed by atoms with E-state index < -0.39 is 0 Å². The third-order valence-electron chi connectivity index (χ3n) is 2.98. The highest BCUT2D eigenvalue weighted by Crippen LogP contribution is 2.16. The van der Waals surface area contributed by atoms with Gasteiger partial charge >= 0.3 is 0 Å². The maximum absolute atomic E-state index is 5.66. The number of benzene rings is 1. The van der Waals surface area contributed by atoms with Gasteiger partial charge in [0.2, 0.25) is 0 Å². The Hall–Kier alpha value is -1.95. The Bertz CT molecular complexity index is 421. The van der Waals surface area contributed by atoms with Gasteiger partial charge in [-0.25, -0.2) is 0 Å². The zero-order valence-corrected chi connectivity index (χ0v) is 13.7. The average molecular weight is 309 g/mol. The fourth-order valence-corrected chi connectivity index (χ4v) is 1.78. The molecule has 0 spiro atoms. The zero-order valence-electron chi connectivity index (χ0n) is 13.7. The van der Waals surface area contributed by atoms with Crippen LogP contribution in [0.5, 0.6) is 11.5 Å². The third kappa shape index (κ3) is 7.73. The number of hydrogen-bond donors (Lipinski definition) is 2. The van der Waals surface area contributed by atoms with E-state index in [0.717, 1.165) is 50.0 Å². The van der Waals surface area contributed by atoms with Crippen molar-refractivity contribution in [2.75, 3.05) is 47.6 Å². The zero-order chi connectivity index (χ0) is 16.0. The van der Waals surface area contributed by atoms with Crippen LogP contribution in [-0.4, -0.2) is 53.5 Å². The largest absolute Gasteiger partial charge is 0.497 e. The summed E-state index contributed by atoms with van der Waals surface area (Å²) in [4.78, 5) is 4.16. The van der Waals surface area contributed by atoms with E-state index >= 15 is 0 Å². The Morgan fingerprint density at radius 3 is 2.09 bits per heavy atom. The molecule has 6 nitrogen and oxygen atoms in total. The summed E-state index contributed by atoms with van der Waals surface area (Å²) in [6.07, 6.45) is 1.85. The minimum Gasteiger partial charge on any atom is -0.497 e. The quantitative estimate of drug-likeness (QED) is 0.391. The van der Waals surface area contributed by atoms with Crippen molar-refractivity contribution in [3.8, 4) is 11.5 Å². The maximum Gasteiger partial charge on any atom is 0.190 e. The molecule has 2 N–H and O–H groups in total. The van der Waals surface area contributed by atoms with Gasteiger partial charge in [0.1, 0.15) is 11.5 Å². The monoisotopic (exact) mass is 309 g/mol. The van der Waals surface area contributed by atoms with Crippen LogP contribution in [0.1, 0.15) is 12.8 Å². The van der Waals surface area contributed by atoms with E-state index in [0.29, 0.717) is 6.61 Å². The lowest BCUT2D eigenvalue weighted by Gasteiger charge is -2.12. The van der Waals surface area contributed by atoms with Crippen molar-refractivity contribution in [1.82, 2.24) is 10.6 Å². The molecule has 124 valence electrons. The van der Waals surface area contributed by atoms with E-state index in [1.54, 1.807) is 21.3 Å². The SMILES string of the molecule is CN=C(NCCCOC)NCCCOc1ccc(OC)cc1. The Morgan fingerprint density at radius 2 is 1.55 bits per heavy atom. The van der Waals surface area contributed by atoms with Gasteiger partial charge in [0.05, 0.1) is 13.7 Å². The van der Waals surface area contributed by atoms with E-state index in [-0.39, 0.29) is 0 Å². The molecule has 0 unspecified atom stereocenters. The van der Waals surface area contributed by atoms with Crippen LogP contribution in [0, 0.1) is 0 Å².